The first-order valence-corrected chi connectivity index (χ1v) is 12.0. The molecule has 1 aliphatic heterocycles. The van der Waals surface area contributed by atoms with E-state index < -0.39 is 13.9 Å². The summed E-state index contributed by atoms with van der Waals surface area (Å²) in [5, 5.41) is 0.177. The van der Waals surface area contributed by atoms with Gasteiger partial charge in [0.15, 0.2) is 8.32 Å². The number of hydrogen-bond donors (Lipinski definition) is 0. The Labute approximate surface area is 153 Å². The number of fused-ring (bicyclic) bond motifs is 1. The largest absolute Gasteiger partial charge is 0.443 e. The molecule has 1 amide bonds. The van der Waals surface area contributed by atoms with Gasteiger partial charge in [0.1, 0.15) is 5.60 Å². The normalized spacial score (nSPS) is 18.2. The third-order valence-electron chi connectivity index (χ3n) is 5.14. The van der Waals surface area contributed by atoms with Gasteiger partial charge < -0.3 is 9.16 Å². The van der Waals surface area contributed by atoms with E-state index in [0.29, 0.717) is 13.2 Å². The van der Waals surface area contributed by atoms with Crippen molar-refractivity contribution in [2.24, 2.45) is 0 Å². The molecule has 25 heavy (non-hydrogen) atoms. The van der Waals surface area contributed by atoms with Crippen molar-refractivity contribution in [2.75, 3.05) is 18.1 Å². The van der Waals surface area contributed by atoms with Crippen molar-refractivity contribution in [3.05, 3.63) is 29.8 Å². The fraction of sp³-hybridized carbons (Fsp3) is 0.650. The average Bonchev–Trinajstić information content (AvgIpc) is 2.81. The monoisotopic (exact) mass is 363 g/mol. The van der Waals surface area contributed by atoms with Crippen molar-refractivity contribution in [3.8, 4) is 0 Å². The zero-order valence-corrected chi connectivity index (χ0v) is 18.0. The van der Waals surface area contributed by atoms with Gasteiger partial charge in [-0.2, -0.15) is 0 Å². The lowest BCUT2D eigenvalue weighted by Crippen LogP contribution is -2.42. The maximum absolute atomic E-state index is 12.6. The van der Waals surface area contributed by atoms with Crippen molar-refractivity contribution < 1.29 is 14.0 Å². The summed E-state index contributed by atoms with van der Waals surface area (Å²) in [4.78, 5) is 14.4. The third kappa shape index (κ3) is 4.64. The molecule has 1 atom stereocenters. The first kappa shape index (κ1) is 20.0. The third-order valence-corrected chi connectivity index (χ3v) is 9.64. The van der Waals surface area contributed by atoms with Crippen LogP contribution in [0.3, 0.4) is 0 Å². The number of rotatable bonds is 3. The molecule has 0 saturated carbocycles. The van der Waals surface area contributed by atoms with Crippen LogP contribution in [-0.2, 0) is 9.16 Å². The minimum Gasteiger partial charge on any atom is -0.443 e. The van der Waals surface area contributed by atoms with Crippen LogP contribution in [0.15, 0.2) is 24.3 Å². The lowest BCUT2D eigenvalue weighted by molar-refractivity contribution is 0.0581. The van der Waals surface area contributed by atoms with Gasteiger partial charge in [-0.3, -0.25) is 4.90 Å². The van der Waals surface area contributed by atoms with Crippen molar-refractivity contribution in [1.82, 2.24) is 0 Å². The van der Waals surface area contributed by atoms with Gasteiger partial charge in [0.05, 0.1) is 5.69 Å². The van der Waals surface area contributed by atoms with Crippen molar-refractivity contribution in [2.45, 2.75) is 71.2 Å². The average molecular weight is 364 g/mol. The maximum atomic E-state index is 12.6. The number of para-hydroxylation sites is 1. The van der Waals surface area contributed by atoms with E-state index in [1.165, 1.54) is 5.56 Å². The lowest BCUT2D eigenvalue weighted by Gasteiger charge is -2.37. The molecule has 0 spiro atoms. The Hall–Kier alpha value is -1.33. The van der Waals surface area contributed by atoms with Gasteiger partial charge in [-0.15, -0.1) is 0 Å². The van der Waals surface area contributed by atoms with Crippen molar-refractivity contribution in [3.63, 3.8) is 0 Å². The highest BCUT2D eigenvalue weighted by molar-refractivity contribution is 6.74. The number of hydrogen-bond acceptors (Lipinski definition) is 3. The van der Waals surface area contributed by atoms with Crippen LogP contribution in [0, 0.1) is 0 Å². The first-order valence-electron chi connectivity index (χ1n) is 9.05. The number of amides is 1. The van der Waals surface area contributed by atoms with E-state index in [0.717, 1.165) is 5.69 Å². The number of nitrogens with zero attached hydrogens (tertiary/aromatic N) is 1. The Morgan fingerprint density at radius 2 is 1.76 bits per heavy atom. The van der Waals surface area contributed by atoms with Gasteiger partial charge in [0.25, 0.3) is 0 Å². The molecule has 0 N–H and O–H groups in total. The molecule has 1 aliphatic rings. The van der Waals surface area contributed by atoms with E-state index in [9.17, 15) is 4.79 Å². The number of benzene rings is 1. The van der Waals surface area contributed by atoms with Crippen LogP contribution in [-0.4, -0.2) is 33.2 Å². The minimum absolute atomic E-state index is 0.177. The second-order valence-corrected chi connectivity index (χ2v) is 14.2. The number of anilines is 1. The molecule has 1 heterocycles. The SMILES string of the molecule is CC(C)(C)OC(=O)N1CC(CO[Si](C)(C)C(C)(C)C)c2ccccc21. The van der Waals surface area contributed by atoms with E-state index in [2.05, 4.69) is 39.9 Å². The van der Waals surface area contributed by atoms with Crippen LogP contribution in [0.5, 0.6) is 0 Å². The molecule has 5 heteroatoms. The van der Waals surface area contributed by atoms with E-state index in [1.807, 2.05) is 39.0 Å². The first-order chi connectivity index (χ1) is 11.3. The van der Waals surface area contributed by atoms with Crippen molar-refractivity contribution in [1.29, 1.82) is 0 Å². The van der Waals surface area contributed by atoms with Crippen LogP contribution in [0.1, 0.15) is 53.0 Å². The molecule has 1 unspecified atom stereocenters. The predicted octanol–water partition coefficient (Wildman–Crippen LogP) is 5.55. The summed E-state index contributed by atoms with van der Waals surface area (Å²) in [7, 11) is -1.82. The predicted molar refractivity (Wildman–Crippen MR) is 106 cm³/mol. The molecule has 0 radical (unpaired) electrons. The van der Waals surface area contributed by atoms with Gasteiger partial charge in [-0.05, 0) is 50.5 Å². The van der Waals surface area contributed by atoms with Gasteiger partial charge in [0.2, 0.25) is 0 Å². The zero-order valence-electron chi connectivity index (χ0n) is 17.0. The summed E-state index contributed by atoms with van der Waals surface area (Å²) in [5.74, 6) is 0.192. The fourth-order valence-corrected chi connectivity index (χ4v) is 3.70. The summed E-state index contributed by atoms with van der Waals surface area (Å²) in [6, 6.07) is 8.08. The topological polar surface area (TPSA) is 38.8 Å². The van der Waals surface area contributed by atoms with Crippen molar-refractivity contribution >= 4 is 20.1 Å². The van der Waals surface area contributed by atoms with Gasteiger partial charge in [0, 0.05) is 19.1 Å². The Balaban J connectivity index is 2.16. The number of carbonyl (C=O) groups is 1. The second-order valence-electron chi connectivity index (χ2n) is 9.42. The molecule has 140 valence electrons. The van der Waals surface area contributed by atoms with E-state index in [1.54, 1.807) is 4.90 Å². The zero-order chi connectivity index (χ0) is 19.0. The summed E-state index contributed by atoms with van der Waals surface area (Å²) >= 11 is 0. The summed E-state index contributed by atoms with van der Waals surface area (Å²) in [6.07, 6.45) is -0.283. The fourth-order valence-electron chi connectivity index (χ4n) is 2.65. The molecule has 4 nitrogen and oxygen atoms in total. The Morgan fingerprint density at radius 1 is 1.16 bits per heavy atom. The van der Waals surface area contributed by atoms with E-state index in [-0.39, 0.29) is 17.0 Å². The highest BCUT2D eigenvalue weighted by Crippen LogP contribution is 2.40. The molecule has 1 aromatic carbocycles. The van der Waals surface area contributed by atoms with E-state index >= 15 is 0 Å². The molecule has 0 saturated heterocycles. The molecule has 1 aromatic rings. The number of carbonyl (C=O) groups excluding carboxylic acids is 1. The maximum Gasteiger partial charge on any atom is 0.414 e. The van der Waals surface area contributed by atoms with Gasteiger partial charge in [-0.1, -0.05) is 39.0 Å². The summed E-state index contributed by atoms with van der Waals surface area (Å²) < 4.78 is 12.0. The van der Waals surface area contributed by atoms with Crippen LogP contribution >= 0.6 is 0 Å². The highest BCUT2D eigenvalue weighted by Gasteiger charge is 2.40. The van der Waals surface area contributed by atoms with Crippen LogP contribution in [0.2, 0.25) is 18.1 Å². The van der Waals surface area contributed by atoms with Crippen LogP contribution in [0.4, 0.5) is 10.5 Å². The Morgan fingerprint density at radius 3 is 2.32 bits per heavy atom. The molecule has 0 aliphatic carbocycles. The van der Waals surface area contributed by atoms with Crippen LogP contribution in [0.25, 0.3) is 0 Å². The molecular formula is C20H33NO3Si. The molecule has 0 aromatic heterocycles. The van der Waals surface area contributed by atoms with Gasteiger partial charge in [-0.25, -0.2) is 4.79 Å². The highest BCUT2D eigenvalue weighted by atomic mass is 28.4. The second kappa shape index (κ2) is 6.76. The molecular weight excluding hydrogens is 330 g/mol. The quantitative estimate of drug-likeness (QED) is 0.661. The Kier molecular flexibility index (Phi) is 5.41. The van der Waals surface area contributed by atoms with E-state index in [4.69, 9.17) is 9.16 Å². The summed E-state index contributed by atoms with van der Waals surface area (Å²) in [6.45, 7) is 18.2. The lowest BCUT2D eigenvalue weighted by atomic mass is 10.0. The minimum atomic E-state index is -1.82. The summed E-state index contributed by atoms with van der Waals surface area (Å²) in [5.41, 5.74) is 1.62. The van der Waals surface area contributed by atoms with Crippen LogP contribution < -0.4 is 4.90 Å². The number of ether oxygens (including phenoxy) is 1. The molecule has 0 bridgehead atoms. The Bertz CT molecular complexity index is 629. The van der Waals surface area contributed by atoms with Gasteiger partial charge >= 0.3 is 6.09 Å². The smallest absolute Gasteiger partial charge is 0.414 e. The standard InChI is InChI=1S/C20H33NO3Si/c1-19(2,3)24-18(22)21-13-15(16-11-9-10-12-17(16)21)14-23-25(7,8)20(4,5)6/h9-12,15H,13-14H2,1-8H3. The molecule has 2 rings (SSSR count). The molecule has 0 fully saturated rings.